The molecule has 0 bridgehead atoms. The van der Waals surface area contributed by atoms with Gasteiger partial charge in [-0.1, -0.05) is 36.4 Å². The Balaban J connectivity index is 1.67. The highest BCUT2D eigenvalue weighted by atomic mass is 16.5. The predicted octanol–water partition coefficient (Wildman–Crippen LogP) is 3.81. The topological polar surface area (TPSA) is 60.5 Å². The zero-order valence-electron chi connectivity index (χ0n) is 15.2. The highest BCUT2D eigenvalue weighted by Gasteiger charge is 2.14. The molecule has 0 fully saturated rings. The number of fused-ring (bicyclic) bond motifs is 1. The molecule has 0 aliphatic heterocycles. The SMILES string of the molecule is COc1ccccc1[C@@H](C)NC(=O)COc1cccc2ccc(C)nc12. The van der Waals surface area contributed by atoms with Crippen molar-refractivity contribution in [3.63, 3.8) is 0 Å². The summed E-state index contributed by atoms with van der Waals surface area (Å²) in [4.78, 5) is 16.8. The number of hydrogen-bond donors (Lipinski definition) is 1. The van der Waals surface area contributed by atoms with Gasteiger partial charge in [0.05, 0.1) is 13.2 Å². The minimum absolute atomic E-state index is 0.0752. The Morgan fingerprint density at radius 3 is 2.65 bits per heavy atom. The fourth-order valence-electron chi connectivity index (χ4n) is 2.86. The van der Waals surface area contributed by atoms with Gasteiger partial charge in [0.2, 0.25) is 0 Å². The standard InChI is InChI=1S/C21H22N2O3/c1-14-11-12-16-7-6-10-19(21(16)22-14)26-13-20(24)23-15(2)17-8-4-5-9-18(17)25-3/h4-12,15H,13H2,1-3H3,(H,23,24)/t15-/m1/s1. The van der Waals surface area contributed by atoms with Crippen LogP contribution < -0.4 is 14.8 Å². The summed E-state index contributed by atoms with van der Waals surface area (Å²) < 4.78 is 11.1. The molecule has 0 radical (unpaired) electrons. The van der Waals surface area contributed by atoms with Crippen LogP contribution >= 0.6 is 0 Å². The van der Waals surface area contributed by atoms with E-state index in [9.17, 15) is 4.79 Å². The lowest BCUT2D eigenvalue weighted by atomic mass is 10.1. The Hall–Kier alpha value is -3.08. The van der Waals surface area contributed by atoms with Crippen LogP contribution in [0.1, 0.15) is 24.2 Å². The van der Waals surface area contributed by atoms with Gasteiger partial charge in [-0.3, -0.25) is 4.79 Å². The lowest BCUT2D eigenvalue weighted by Gasteiger charge is -2.17. The van der Waals surface area contributed by atoms with Crippen LogP contribution in [0.2, 0.25) is 0 Å². The normalized spacial score (nSPS) is 11.8. The molecule has 0 spiro atoms. The summed E-state index contributed by atoms with van der Waals surface area (Å²) in [5.41, 5.74) is 2.59. The summed E-state index contributed by atoms with van der Waals surface area (Å²) in [6.07, 6.45) is 0. The predicted molar refractivity (Wildman–Crippen MR) is 102 cm³/mol. The third-order valence-electron chi connectivity index (χ3n) is 4.16. The molecule has 5 heteroatoms. The number of para-hydroxylation sites is 2. The number of methoxy groups -OCH3 is 1. The van der Waals surface area contributed by atoms with E-state index in [1.54, 1.807) is 7.11 Å². The Morgan fingerprint density at radius 1 is 1.08 bits per heavy atom. The molecule has 1 amide bonds. The molecule has 0 saturated carbocycles. The highest BCUT2D eigenvalue weighted by molar-refractivity contribution is 5.85. The lowest BCUT2D eigenvalue weighted by Crippen LogP contribution is -2.31. The zero-order valence-corrected chi connectivity index (χ0v) is 15.2. The van der Waals surface area contributed by atoms with E-state index in [0.29, 0.717) is 5.75 Å². The molecule has 5 nitrogen and oxygen atoms in total. The summed E-state index contributed by atoms with van der Waals surface area (Å²) >= 11 is 0. The van der Waals surface area contributed by atoms with Crippen LogP contribution in [0, 0.1) is 6.92 Å². The summed E-state index contributed by atoms with van der Waals surface area (Å²) in [5, 5.41) is 3.92. The maximum absolute atomic E-state index is 12.3. The molecule has 1 N–H and O–H groups in total. The molecule has 26 heavy (non-hydrogen) atoms. The van der Waals surface area contributed by atoms with Crippen molar-refractivity contribution in [2.75, 3.05) is 13.7 Å². The first-order chi connectivity index (χ1) is 12.6. The van der Waals surface area contributed by atoms with Crippen molar-refractivity contribution in [3.8, 4) is 11.5 Å². The number of aromatic nitrogens is 1. The molecule has 0 saturated heterocycles. The highest BCUT2D eigenvalue weighted by Crippen LogP contribution is 2.25. The number of benzene rings is 2. The molecule has 0 unspecified atom stereocenters. The Morgan fingerprint density at radius 2 is 1.85 bits per heavy atom. The van der Waals surface area contributed by atoms with Crippen molar-refractivity contribution in [1.29, 1.82) is 0 Å². The molecule has 2 aromatic carbocycles. The van der Waals surface area contributed by atoms with Gasteiger partial charge >= 0.3 is 0 Å². The summed E-state index contributed by atoms with van der Waals surface area (Å²) in [7, 11) is 1.62. The van der Waals surface area contributed by atoms with Gasteiger partial charge in [-0.05, 0) is 32.0 Å². The molecule has 3 aromatic rings. The zero-order chi connectivity index (χ0) is 18.5. The molecule has 134 valence electrons. The number of carbonyl (C=O) groups excluding carboxylic acids is 1. The molecule has 3 rings (SSSR count). The van der Waals surface area contributed by atoms with Gasteiger partial charge in [0.1, 0.15) is 17.0 Å². The number of pyridine rings is 1. The van der Waals surface area contributed by atoms with Gasteiger partial charge in [0.25, 0.3) is 5.91 Å². The van der Waals surface area contributed by atoms with E-state index in [1.807, 2.05) is 68.4 Å². The minimum atomic E-state index is -0.201. The molecule has 0 aliphatic rings. The van der Waals surface area contributed by atoms with E-state index in [0.717, 1.165) is 27.9 Å². The van der Waals surface area contributed by atoms with Crippen LogP contribution in [0.15, 0.2) is 54.6 Å². The second-order valence-electron chi connectivity index (χ2n) is 6.10. The van der Waals surface area contributed by atoms with E-state index in [2.05, 4.69) is 10.3 Å². The number of hydrogen-bond acceptors (Lipinski definition) is 4. The van der Waals surface area contributed by atoms with E-state index in [1.165, 1.54) is 0 Å². The average molecular weight is 350 g/mol. The Bertz CT molecular complexity index is 924. The van der Waals surface area contributed by atoms with Crippen LogP contribution in [-0.4, -0.2) is 24.6 Å². The lowest BCUT2D eigenvalue weighted by molar-refractivity contribution is -0.123. The Labute approximate surface area is 153 Å². The fourth-order valence-corrected chi connectivity index (χ4v) is 2.86. The van der Waals surface area contributed by atoms with Crippen LogP contribution in [0.3, 0.4) is 0 Å². The third-order valence-corrected chi connectivity index (χ3v) is 4.16. The van der Waals surface area contributed by atoms with Crippen LogP contribution in [0.4, 0.5) is 0 Å². The minimum Gasteiger partial charge on any atom is -0.496 e. The first kappa shape index (κ1) is 17.7. The monoisotopic (exact) mass is 350 g/mol. The first-order valence-corrected chi connectivity index (χ1v) is 8.50. The molecule has 0 aliphatic carbocycles. The quantitative estimate of drug-likeness (QED) is 0.734. The van der Waals surface area contributed by atoms with Gasteiger partial charge < -0.3 is 14.8 Å². The first-order valence-electron chi connectivity index (χ1n) is 8.50. The van der Waals surface area contributed by atoms with Gasteiger partial charge in [0, 0.05) is 16.6 Å². The maximum atomic E-state index is 12.3. The third kappa shape index (κ3) is 3.94. The Kier molecular flexibility index (Phi) is 5.37. The van der Waals surface area contributed by atoms with Crippen molar-refractivity contribution in [2.24, 2.45) is 0 Å². The number of nitrogens with zero attached hydrogens (tertiary/aromatic N) is 1. The van der Waals surface area contributed by atoms with Crippen molar-refractivity contribution in [3.05, 3.63) is 65.9 Å². The van der Waals surface area contributed by atoms with E-state index < -0.39 is 0 Å². The largest absolute Gasteiger partial charge is 0.496 e. The van der Waals surface area contributed by atoms with Gasteiger partial charge in [-0.2, -0.15) is 0 Å². The van der Waals surface area contributed by atoms with Crippen LogP contribution in [0.5, 0.6) is 11.5 Å². The molecular formula is C21H22N2O3. The fraction of sp³-hybridized carbons (Fsp3) is 0.238. The molecular weight excluding hydrogens is 328 g/mol. The summed E-state index contributed by atoms with van der Waals surface area (Å²) in [6, 6.07) is 17.1. The number of amides is 1. The van der Waals surface area contributed by atoms with Crippen molar-refractivity contribution in [1.82, 2.24) is 10.3 Å². The van der Waals surface area contributed by atoms with E-state index >= 15 is 0 Å². The van der Waals surface area contributed by atoms with Gasteiger partial charge in [0.15, 0.2) is 6.61 Å². The van der Waals surface area contributed by atoms with Crippen LogP contribution in [0.25, 0.3) is 10.9 Å². The smallest absolute Gasteiger partial charge is 0.258 e. The summed E-state index contributed by atoms with van der Waals surface area (Å²) in [6.45, 7) is 3.77. The maximum Gasteiger partial charge on any atom is 0.258 e. The van der Waals surface area contributed by atoms with E-state index in [4.69, 9.17) is 9.47 Å². The van der Waals surface area contributed by atoms with Crippen LogP contribution in [-0.2, 0) is 4.79 Å². The van der Waals surface area contributed by atoms with Crippen molar-refractivity contribution >= 4 is 16.8 Å². The average Bonchev–Trinajstić information content (AvgIpc) is 2.66. The number of carbonyl (C=O) groups is 1. The molecule has 1 atom stereocenters. The van der Waals surface area contributed by atoms with Crippen molar-refractivity contribution < 1.29 is 14.3 Å². The number of ether oxygens (including phenoxy) is 2. The van der Waals surface area contributed by atoms with Crippen molar-refractivity contribution in [2.45, 2.75) is 19.9 Å². The number of nitrogens with one attached hydrogen (secondary N) is 1. The number of rotatable bonds is 6. The number of aryl methyl sites for hydroxylation is 1. The van der Waals surface area contributed by atoms with E-state index in [-0.39, 0.29) is 18.6 Å². The second-order valence-corrected chi connectivity index (χ2v) is 6.10. The second kappa shape index (κ2) is 7.87. The van der Waals surface area contributed by atoms with Gasteiger partial charge in [-0.25, -0.2) is 4.98 Å². The van der Waals surface area contributed by atoms with Gasteiger partial charge in [-0.15, -0.1) is 0 Å². The summed E-state index contributed by atoms with van der Waals surface area (Å²) in [5.74, 6) is 1.15. The molecule has 1 heterocycles. The molecule has 1 aromatic heterocycles.